The van der Waals surface area contributed by atoms with Crippen molar-refractivity contribution in [3.05, 3.63) is 81.3 Å². The zero-order valence-electron chi connectivity index (χ0n) is 19.2. The largest absolute Gasteiger partial charge is 0.480 e. The number of hydrogen-bond donors (Lipinski definition) is 1. The Morgan fingerprint density at radius 2 is 1.94 bits per heavy atom. The molecule has 1 N–H and O–H groups in total. The van der Waals surface area contributed by atoms with Crippen LogP contribution in [-0.4, -0.2) is 61.6 Å². The normalized spacial score (nSPS) is 19.6. The van der Waals surface area contributed by atoms with Gasteiger partial charge in [-0.1, -0.05) is 82.4 Å². The number of benzene rings is 2. The second kappa shape index (κ2) is 11.4. The first-order valence-corrected chi connectivity index (χ1v) is 13.1. The molecule has 0 aliphatic carbocycles. The summed E-state index contributed by atoms with van der Waals surface area (Å²) >= 11 is 9.86. The molecule has 0 unspecified atom stereocenters. The summed E-state index contributed by atoms with van der Waals surface area (Å²) in [6.07, 6.45) is 1.80. The number of hydrogen-bond acceptors (Lipinski definition) is 8. The van der Waals surface area contributed by atoms with Crippen LogP contribution in [0.5, 0.6) is 0 Å². The molecule has 1 fully saturated rings. The topological polar surface area (TPSA) is 99.5 Å². The first-order chi connectivity index (χ1) is 17.3. The van der Waals surface area contributed by atoms with Gasteiger partial charge in [-0.3, -0.25) is 14.7 Å². The molecular formula is C25H22BrN3O5S2. The molecule has 11 heteroatoms. The fourth-order valence-corrected chi connectivity index (χ4v) is 5.47. The second-order valence-corrected chi connectivity index (χ2v) is 10.6. The van der Waals surface area contributed by atoms with Crippen LogP contribution in [0.15, 0.2) is 75.3 Å². The van der Waals surface area contributed by atoms with Crippen molar-refractivity contribution in [1.82, 2.24) is 9.91 Å². The number of halogens is 1. The van der Waals surface area contributed by atoms with Gasteiger partial charge in [0.2, 0.25) is 0 Å². The van der Waals surface area contributed by atoms with Crippen LogP contribution < -0.4 is 0 Å². The van der Waals surface area contributed by atoms with Crippen LogP contribution in [0, 0.1) is 0 Å². The lowest BCUT2D eigenvalue weighted by molar-refractivity contribution is -0.150. The molecule has 4 rings (SSSR count). The Balaban J connectivity index is 1.62. The van der Waals surface area contributed by atoms with Crippen LogP contribution in [0.3, 0.4) is 0 Å². The van der Waals surface area contributed by atoms with Crippen LogP contribution in [-0.2, 0) is 25.5 Å². The summed E-state index contributed by atoms with van der Waals surface area (Å²) < 4.78 is 6.33. The molecule has 0 spiro atoms. The van der Waals surface area contributed by atoms with Gasteiger partial charge in [0, 0.05) is 23.5 Å². The van der Waals surface area contributed by atoms with Gasteiger partial charge in [0.05, 0.1) is 17.2 Å². The number of rotatable bonds is 8. The minimum absolute atomic E-state index is 0.163. The Morgan fingerprint density at radius 3 is 2.58 bits per heavy atom. The monoisotopic (exact) mass is 587 g/mol. The molecule has 0 bridgehead atoms. The number of esters is 1. The number of carbonyl (C=O) groups excluding carboxylic acids is 2. The third kappa shape index (κ3) is 5.69. The van der Waals surface area contributed by atoms with Crippen molar-refractivity contribution in [2.45, 2.75) is 31.8 Å². The van der Waals surface area contributed by atoms with E-state index in [0.717, 1.165) is 27.4 Å². The van der Waals surface area contributed by atoms with Crippen LogP contribution in [0.2, 0.25) is 0 Å². The lowest BCUT2D eigenvalue weighted by Gasteiger charge is -2.25. The maximum atomic E-state index is 13.4. The van der Waals surface area contributed by atoms with Crippen molar-refractivity contribution < 1.29 is 24.2 Å². The summed E-state index contributed by atoms with van der Waals surface area (Å²) in [5.41, 5.74) is 2.23. The van der Waals surface area contributed by atoms with E-state index < -0.39 is 29.9 Å². The molecule has 1 saturated heterocycles. The van der Waals surface area contributed by atoms with E-state index in [9.17, 15) is 19.5 Å². The minimum atomic E-state index is -1.06. The molecule has 1 amide bonds. The number of aliphatic carboxylic acids is 1. The number of carboxylic acid groups (broad SMARTS) is 1. The molecule has 2 aromatic carbocycles. The number of amides is 1. The fourth-order valence-electron chi connectivity index (χ4n) is 3.88. The van der Waals surface area contributed by atoms with Gasteiger partial charge < -0.3 is 9.84 Å². The summed E-state index contributed by atoms with van der Waals surface area (Å²) in [6, 6.07) is 14.8. The summed E-state index contributed by atoms with van der Waals surface area (Å²) in [5, 5.41) is 15.5. The Kier molecular flexibility index (Phi) is 8.22. The van der Waals surface area contributed by atoms with E-state index in [1.54, 1.807) is 6.92 Å². The van der Waals surface area contributed by atoms with Gasteiger partial charge in [-0.25, -0.2) is 9.59 Å². The first-order valence-electron chi connectivity index (χ1n) is 11.1. The highest BCUT2D eigenvalue weighted by Gasteiger charge is 2.42. The first kappa shape index (κ1) is 26.1. The summed E-state index contributed by atoms with van der Waals surface area (Å²) in [5.74, 6) is -2.11. The van der Waals surface area contributed by atoms with Gasteiger partial charge in [0.25, 0.3) is 5.91 Å². The van der Waals surface area contributed by atoms with Crippen molar-refractivity contribution >= 4 is 67.8 Å². The Hall–Kier alpha value is -3.02. The molecule has 2 aliphatic heterocycles. The Labute approximate surface area is 226 Å². The van der Waals surface area contributed by atoms with Gasteiger partial charge in [-0.2, -0.15) is 5.10 Å². The molecule has 0 aromatic heterocycles. The maximum Gasteiger partial charge on any atom is 0.329 e. The third-order valence-electron chi connectivity index (χ3n) is 5.62. The Bertz CT molecular complexity index is 1250. The van der Waals surface area contributed by atoms with Crippen LogP contribution >= 0.6 is 39.9 Å². The van der Waals surface area contributed by atoms with Gasteiger partial charge >= 0.3 is 11.9 Å². The van der Waals surface area contributed by atoms with E-state index in [1.807, 2.05) is 54.6 Å². The SMILES string of the molecule is CCOC(=O)[C@H](Cc1ccccc1)N1C(=O)/C(=C/N2N=C(c3ccc(Br)cc3)C[C@@H]2C(=O)O)SC1=S. The lowest BCUT2D eigenvalue weighted by Crippen LogP contribution is -2.46. The van der Waals surface area contributed by atoms with E-state index in [-0.39, 0.29) is 28.7 Å². The van der Waals surface area contributed by atoms with Gasteiger partial charge in [-0.05, 0) is 30.2 Å². The zero-order valence-corrected chi connectivity index (χ0v) is 22.4. The van der Waals surface area contributed by atoms with Gasteiger partial charge in [0.15, 0.2) is 6.04 Å². The van der Waals surface area contributed by atoms with E-state index in [1.165, 1.54) is 16.1 Å². The molecule has 2 aliphatic rings. The second-order valence-electron chi connectivity index (χ2n) is 7.99. The minimum Gasteiger partial charge on any atom is -0.480 e. The lowest BCUT2D eigenvalue weighted by atomic mass is 10.0. The van der Waals surface area contributed by atoms with Crippen LogP contribution in [0.4, 0.5) is 0 Å². The Morgan fingerprint density at radius 1 is 1.25 bits per heavy atom. The average molecular weight is 589 g/mol. The number of nitrogens with zero attached hydrogens (tertiary/aromatic N) is 3. The smallest absolute Gasteiger partial charge is 0.329 e. The predicted molar refractivity (Wildman–Crippen MR) is 144 cm³/mol. The van der Waals surface area contributed by atoms with E-state index >= 15 is 0 Å². The van der Waals surface area contributed by atoms with E-state index in [0.29, 0.717) is 5.71 Å². The molecule has 8 nitrogen and oxygen atoms in total. The number of ether oxygens (including phenoxy) is 1. The molecule has 2 atom stereocenters. The molecule has 0 radical (unpaired) electrons. The highest BCUT2D eigenvalue weighted by atomic mass is 79.9. The number of hydrazone groups is 1. The number of carbonyl (C=O) groups is 3. The third-order valence-corrected chi connectivity index (χ3v) is 7.47. The summed E-state index contributed by atoms with van der Waals surface area (Å²) in [6.45, 7) is 1.86. The fraction of sp³-hybridized carbons (Fsp3) is 0.240. The van der Waals surface area contributed by atoms with Crippen LogP contribution in [0.1, 0.15) is 24.5 Å². The molecule has 2 heterocycles. The van der Waals surface area contributed by atoms with Crippen molar-refractivity contribution in [2.75, 3.05) is 6.61 Å². The molecule has 2 aromatic rings. The van der Waals surface area contributed by atoms with Crippen molar-refractivity contribution in [2.24, 2.45) is 5.10 Å². The van der Waals surface area contributed by atoms with Gasteiger partial charge in [0.1, 0.15) is 10.4 Å². The number of thiocarbonyl (C=S) groups is 1. The van der Waals surface area contributed by atoms with Crippen molar-refractivity contribution in [3.63, 3.8) is 0 Å². The highest BCUT2D eigenvalue weighted by molar-refractivity contribution is 9.10. The molecule has 36 heavy (non-hydrogen) atoms. The van der Waals surface area contributed by atoms with E-state index in [4.69, 9.17) is 17.0 Å². The molecule has 186 valence electrons. The predicted octanol–water partition coefficient (Wildman–Crippen LogP) is 4.19. The number of carboxylic acids is 1. The van der Waals surface area contributed by atoms with E-state index in [2.05, 4.69) is 21.0 Å². The molecule has 0 saturated carbocycles. The van der Waals surface area contributed by atoms with Crippen molar-refractivity contribution in [1.29, 1.82) is 0 Å². The van der Waals surface area contributed by atoms with Crippen molar-refractivity contribution in [3.8, 4) is 0 Å². The highest BCUT2D eigenvalue weighted by Crippen LogP contribution is 2.35. The summed E-state index contributed by atoms with van der Waals surface area (Å²) in [4.78, 5) is 39.6. The zero-order chi connectivity index (χ0) is 25.8. The van der Waals surface area contributed by atoms with Gasteiger partial charge in [-0.15, -0.1) is 0 Å². The molecular weight excluding hydrogens is 566 g/mol. The standard InChI is InChI=1S/C25H22BrN3O5S2/c1-2-34-24(33)20(12-15-6-4-3-5-7-15)29-22(30)21(36-25(29)35)14-28-19(23(31)32)13-18(27-28)16-8-10-17(26)11-9-16/h3-11,14,19-20H,2,12-13H2,1H3,(H,31,32)/b21-14-/t19-,20+/m1/s1. The summed E-state index contributed by atoms with van der Waals surface area (Å²) in [7, 11) is 0. The number of thioether (sulfide) groups is 1. The van der Waals surface area contributed by atoms with Crippen LogP contribution in [0.25, 0.3) is 0 Å². The maximum absolute atomic E-state index is 13.4. The quantitative estimate of drug-likeness (QED) is 0.279. The average Bonchev–Trinajstić information content (AvgIpc) is 3.40.